The number of aromatic amines is 1. The van der Waals surface area contributed by atoms with E-state index in [-0.39, 0.29) is 23.0 Å². The zero-order valence-electron chi connectivity index (χ0n) is 13.8. The molecule has 0 aromatic carbocycles. The molecular weight excluding hydrogens is 356 g/mol. The summed E-state index contributed by atoms with van der Waals surface area (Å²) in [5.74, 6) is -4.69. The summed E-state index contributed by atoms with van der Waals surface area (Å²) in [7, 11) is 0. The first kappa shape index (κ1) is 18.4. The van der Waals surface area contributed by atoms with E-state index in [1.165, 1.54) is 0 Å². The molecule has 26 heavy (non-hydrogen) atoms. The molecule has 0 bridgehead atoms. The molecule has 2 aromatic heterocycles. The Morgan fingerprint density at radius 2 is 2.23 bits per heavy atom. The molecule has 1 fully saturated rings. The minimum absolute atomic E-state index is 0.161. The molecule has 0 spiro atoms. The van der Waals surface area contributed by atoms with Crippen molar-refractivity contribution in [3.05, 3.63) is 16.7 Å². The van der Waals surface area contributed by atoms with Crippen LogP contribution in [0.25, 0.3) is 11.2 Å². The zero-order valence-corrected chi connectivity index (χ0v) is 13.8. The van der Waals surface area contributed by atoms with Gasteiger partial charge in [-0.25, -0.2) is 13.8 Å². The number of rotatable bonds is 4. The van der Waals surface area contributed by atoms with E-state index < -0.39 is 42.4 Å². The summed E-state index contributed by atoms with van der Waals surface area (Å²) < 4.78 is 33.9. The number of fused-ring (bicyclic) bond motifs is 1. The summed E-state index contributed by atoms with van der Waals surface area (Å²) in [5, 5.41) is 21.3. The Bertz CT molecular complexity index is 895. The molecule has 1 saturated heterocycles. The number of hydrogen-bond donors (Lipinski definition) is 4. The molecule has 0 aliphatic carbocycles. The van der Waals surface area contributed by atoms with E-state index in [0.29, 0.717) is 0 Å². The Balaban J connectivity index is 2.04. The van der Waals surface area contributed by atoms with E-state index >= 15 is 0 Å². The molecule has 4 N–H and O–H groups in total. The summed E-state index contributed by atoms with van der Waals surface area (Å²) in [6.07, 6.45) is -4.80. The maximum atomic E-state index is 14.0. The van der Waals surface area contributed by atoms with Gasteiger partial charge in [0.1, 0.15) is 6.10 Å². The van der Waals surface area contributed by atoms with Gasteiger partial charge in [0.25, 0.3) is 5.56 Å². The number of amides is 1. The highest BCUT2D eigenvalue weighted by molar-refractivity contribution is 5.91. The van der Waals surface area contributed by atoms with Crippen LogP contribution >= 0.6 is 0 Å². The number of halogens is 2. The fourth-order valence-corrected chi connectivity index (χ4v) is 2.53. The largest absolute Gasteiger partial charge is 0.393 e. The topological polar surface area (TPSA) is 142 Å². The van der Waals surface area contributed by atoms with E-state index in [1.807, 2.05) is 0 Å². The molecular formula is C14H17F2N5O5. The number of H-pyrrole nitrogens is 1. The molecule has 12 heteroatoms. The van der Waals surface area contributed by atoms with Gasteiger partial charge in [0.05, 0.1) is 12.9 Å². The minimum Gasteiger partial charge on any atom is -0.393 e. The lowest BCUT2D eigenvalue weighted by atomic mass is 10.1. The van der Waals surface area contributed by atoms with Crippen LogP contribution in [0.5, 0.6) is 0 Å². The average molecular weight is 373 g/mol. The number of aliphatic hydroxyl groups is 2. The molecule has 1 aliphatic heterocycles. The summed E-state index contributed by atoms with van der Waals surface area (Å²) in [6.45, 7) is 2.27. The van der Waals surface area contributed by atoms with E-state index in [9.17, 15) is 23.5 Å². The summed E-state index contributed by atoms with van der Waals surface area (Å²) >= 11 is 0. The SMILES string of the molecule is CC(C)C(=O)Nc1nc2c(ncn2[C@@H]2OC(CO)C(F)(F)[C@H]2O)c(=O)[nH]1. The Morgan fingerprint density at radius 3 is 2.81 bits per heavy atom. The van der Waals surface area contributed by atoms with Crippen molar-refractivity contribution >= 4 is 23.0 Å². The van der Waals surface area contributed by atoms with Gasteiger partial charge in [0, 0.05) is 5.92 Å². The standard InChI is InChI=1S/C14H17F2N5O5/c1-5(2)10(24)19-13-18-9-7(11(25)20-13)17-4-21(9)12-8(23)14(15,16)6(3-22)26-12/h4-6,8,12,22-23H,3H2,1-2H3,(H2,18,19,20,24,25)/t6?,8-,12+/m0/s1. The van der Waals surface area contributed by atoms with Gasteiger partial charge in [-0.2, -0.15) is 4.98 Å². The first-order chi connectivity index (χ1) is 12.2. The van der Waals surface area contributed by atoms with Gasteiger partial charge >= 0.3 is 5.92 Å². The number of aliphatic hydroxyl groups excluding tert-OH is 2. The summed E-state index contributed by atoms with van der Waals surface area (Å²) in [6, 6.07) is 0. The lowest BCUT2D eigenvalue weighted by Gasteiger charge is -2.18. The predicted octanol–water partition coefficient (Wildman–Crippen LogP) is -0.400. The van der Waals surface area contributed by atoms with Crippen LogP contribution in [-0.4, -0.2) is 60.4 Å². The molecule has 142 valence electrons. The van der Waals surface area contributed by atoms with Gasteiger partial charge in [-0.1, -0.05) is 13.8 Å². The number of aromatic nitrogens is 4. The van der Waals surface area contributed by atoms with Gasteiger partial charge in [-0.3, -0.25) is 24.5 Å². The fraction of sp³-hybridized carbons (Fsp3) is 0.571. The van der Waals surface area contributed by atoms with Crippen LogP contribution in [0.4, 0.5) is 14.7 Å². The number of alkyl halides is 2. The molecule has 10 nitrogen and oxygen atoms in total. The Morgan fingerprint density at radius 1 is 1.54 bits per heavy atom. The molecule has 0 saturated carbocycles. The van der Waals surface area contributed by atoms with Crippen molar-refractivity contribution in [2.45, 2.75) is 38.2 Å². The second-order valence-corrected chi connectivity index (χ2v) is 6.20. The molecule has 3 heterocycles. The predicted molar refractivity (Wildman–Crippen MR) is 83.6 cm³/mol. The van der Waals surface area contributed by atoms with Crippen LogP contribution in [0, 0.1) is 5.92 Å². The van der Waals surface area contributed by atoms with Gasteiger partial charge in [-0.05, 0) is 0 Å². The molecule has 1 amide bonds. The lowest BCUT2D eigenvalue weighted by molar-refractivity contribution is -0.123. The monoisotopic (exact) mass is 373 g/mol. The van der Waals surface area contributed by atoms with Crippen molar-refractivity contribution in [3.63, 3.8) is 0 Å². The highest BCUT2D eigenvalue weighted by Gasteiger charge is 2.59. The number of nitrogens with one attached hydrogen (secondary N) is 2. The smallest absolute Gasteiger partial charge is 0.305 e. The van der Waals surface area contributed by atoms with E-state index in [0.717, 1.165) is 10.9 Å². The third-order valence-electron chi connectivity index (χ3n) is 4.04. The van der Waals surface area contributed by atoms with Crippen molar-refractivity contribution in [2.75, 3.05) is 11.9 Å². The van der Waals surface area contributed by atoms with Crippen LogP contribution in [0.2, 0.25) is 0 Å². The number of ether oxygens (including phenoxy) is 1. The average Bonchev–Trinajstić information content (AvgIpc) is 3.07. The first-order valence-corrected chi connectivity index (χ1v) is 7.76. The van der Waals surface area contributed by atoms with Crippen LogP contribution in [-0.2, 0) is 9.53 Å². The van der Waals surface area contributed by atoms with Gasteiger partial charge in [0.15, 0.2) is 23.5 Å². The van der Waals surface area contributed by atoms with E-state index in [1.54, 1.807) is 13.8 Å². The van der Waals surface area contributed by atoms with Crippen molar-refractivity contribution in [1.29, 1.82) is 0 Å². The first-order valence-electron chi connectivity index (χ1n) is 7.76. The van der Waals surface area contributed by atoms with Crippen molar-refractivity contribution in [3.8, 4) is 0 Å². The second-order valence-electron chi connectivity index (χ2n) is 6.20. The van der Waals surface area contributed by atoms with Gasteiger partial charge in [-0.15, -0.1) is 0 Å². The zero-order chi connectivity index (χ0) is 19.2. The highest BCUT2D eigenvalue weighted by Crippen LogP contribution is 2.41. The van der Waals surface area contributed by atoms with Gasteiger partial charge < -0.3 is 14.9 Å². The van der Waals surface area contributed by atoms with E-state index in [2.05, 4.69) is 20.3 Å². The number of nitrogens with zero attached hydrogens (tertiary/aromatic N) is 3. The van der Waals surface area contributed by atoms with E-state index in [4.69, 9.17) is 9.84 Å². The molecule has 1 unspecified atom stereocenters. The normalized spacial score (nSPS) is 25.1. The highest BCUT2D eigenvalue weighted by atomic mass is 19.3. The van der Waals surface area contributed by atoms with Crippen LogP contribution < -0.4 is 10.9 Å². The summed E-state index contributed by atoms with van der Waals surface area (Å²) in [5.41, 5.74) is -1.05. The fourth-order valence-electron chi connectivity index (χ4n) is 2.53. The molecule has 1 aliphatic rings. The Hall–Kier alpha value is -2.44. The second kappa shape index (κ2) is 6.37. The number of hydrogen-bond acceptors (Lipinski definition) is 7. The van der Waals surface area contributed by atoms with Gasteiger partial charge in [0.2, 0.25) is 11.9 Å². The number of anilines is 1. The van der Waals surface area contributed by atoms with Crippen LogP contribution in [0.15, 0.2) is 11.1 Å². The van der Waals surface area contributed by atoms with Crippen LogP contribution in [0.1, 0.15) is 20.1 Å². The molecule has 3 atom stereocenters. The number of imidazole rings is 1. The van der Waals surface area contributed by atoms with Crippen molar-refractivity contribution < 1.29 is 28.5 Å². The molecule has 3 rings (SSSR count). The third kappa shape index (κ3) is 2.85. The molecule has 2 aromatic rings. The number of carbonyl (C=O) groups excluding carboxylic acids is 1. The molecule has 0 radical (unpaired) electrons. The maximum Gasteiger partial charge on any atom is 0.305 e. The number of carbonyl (C=O) groups is 1. The Kier molecular flexibility index (Phi) is 4.50. The third-order valence-corrected chi connectivity index (χ3v) is 4.04. The van der Waals surface area contributed by atoms with Crippen molar-refractivity contribution in [1.82, 2.24) is 19.5 Å². The maximum absolute atomic E-state index is 14.0. The van der Waals surface area contributed by atoms with Crippen molar-refractivity contribution in [2.24, 2.45) is 5.92 Å². The minimum atomic E-state index is -3.70. The quantitative estimate of drug-likeness (QED) is 0.571. The Labute approximate surface area is 144 Å². The van der Waals surface area contributed by atoms with Crippen LogP contribution in [0.3, 0.4) is 0 Å². The lowest BCUT2D eigenvalue weighted by Crippen LogP contribution is -2.40. The summed E-state index contributed by atoms with van der Waals surface area (Å²) in [4.78, 5) is 34.0.